The minimum absolute atomic E-state index is 0.0528. The molecule has 39 heavy (non-hydrogen) atoms. The molecule has 1 aromatic rings. The van der Waals surface area contributed by atoms with Gasteiger partial charge in [-0.25, -0.2) is 14.8 Å². The molecule has 3 heterocycles. The molecule has 3 fully saturated rings. The molecule has 2 aliphatic heterocycles. The number of aromatic nitrogens is 2. The number of carbonyl (C=O) groups excluding carboxylic acids is 2. The summed E-state index contributed by atoms with van der Waals surface area (Å²) < 4.78 is 17.7. The third-order valence-corrected chi connectivity index (χ3v) is 8.09. The number of nitrogens with zero attached hydrogens (tertiary/aromatic N) is 4. The van der Waals surface area contributed by atoms with Gasteiger partial charge in [0.15, 0.2) is 0 Å². The smallest absolute Gasteiger partial charge is 0.444 e. The van der Waals surface area contributed by atoms with Crippen molar-refractivity contribution in [2.24, 2.45) is 11.8 Å². The van der Waals surface area contributed by atoms with Crippen molar-refractivity contribution in [3.8, 4) is 0 Å². The molecular weight excluding hydrogens is 497 g/mol. The largest absolute Gasteiger partial charge is 0.498 e. The Morgan fingerprint density at radius 2 is 1.72 bits per heavy atom. The molecule has 0 spiro atoms. The minimum atomic E-state index is -0.621. The van der Waals surface area contributed by atoms with Gasteiger partial charge < -0.3 is 29.2 Å². The Bertz CT molecular complexity index is 1020. The first-order valence-corrected chi connectivity index (χ1v) is 14.3. The van der Waals surface area contributed by atoms with Crippen LogP contribution in [0.3, 0.4) is 0 Å². The number of nitrogens with one attached hydrogen (secondary N) is 1. The summed E-state index contributed by atoms with van der Waals surface area (Å²) in [5, 5.41) is 2.79. The molecule has 2 saturated heterocycles. The topological polar surface area (TPSA) is 106 Å². The zero-order valence-corrected chi connectivity index (χ0v) is 25.1. The summed E-state index contributed by atoms with van der Waals surface area (Å²) in [6, 6.07) is -0.196. The monoisotopic (exact) mass is 543 g/mol. The Morgan fingerprint density at radius 3 is 2.23 bits per heavy atom. The van der Waals surface area contributed by atoms with Crippen molar-refractivity contribution >= 4 is 30.5 Å². The van der Waals surface area contributed by atoms with E-state index in [4.69, 9.17) is 24.0 Å². The lowest BCUT2D eigenvalue weighted by molar-refractivity contribution is -0.133. The Labute approximate surface area is 233 Å². The molecule has 4 rings (SSSR count). The van der Waals surface area contributed by atoms with E-state index in [1.807, 2.05) is 67.2 Å². The van der Waals surface area contributed by atoms with Crippen molar-refractivity contribution < 1.29 is 23.6 Å². The van der Waals surface area contributed by atoms with Crippen LogP contribution in [0.5, 0.6) is 0 Å². The second kappa shape index (κ2) is 10.9. The van der Waals surface area contributed by atoms with E-state index in [1.165, 1.54) is 0 Å². The fourth-order valence-corrected chi connectivity index (χ4v) is 4.97. The Kier molecular flexibility index (Phi) is 8.25. The molecule has 1 aromatic heterocycles. The fraction of sp³-hybridized carbons (Fsp3) is 0.786. The lowest BCUT2D eigenvalue weighted by atomic mass is 9.81. The Hall–Kier alpha value is -2.40. The maximum absolute atomic E-state index is 13.4. The molecule has 10 nitrogen and oxygen atoms in total. The van der Waals surface area contributed by atoms with E-state index in [2.05, 4.69) is 10.2 Å². The molecule has 2 amide bonds. The summed E-state index contributed by atoms with van der Waals surface area (Å²) in [6.07, 6.45) is 6.18. The molecule has 3 aliphatic rings. The van der Waals surface area contributed by atoms with Gasteiger partial charge in [-0.15, -0.1) is 0 Å². The van der Waals surface area contributed by atoms with E-state index in [1.54, 1.807) is 12.4 Å². The third kappa shape index (κ3) is 7.03. The van der Waals surface area contributed by atoms with Gasteiger partial charge in [-0.2, -0.15) is 0 Å². The number of anilines is 1. The van der Waals surface area contributed by atoms with E-state index < -0.39 is 36.1 Å². The van der Waals surface area contributed by atoms with Crippen LogP contribution >= 0.6 is 0 Å². The van der Waals surface area contributed by atoms with Crippen molar-refractivity contribution in [1.82, 2.24) is 20.2 Å². The van der Waals surface area contributed by atoms with Gasteiger partial charge in [0.05, 0.1) is 11.2 Å². The van der Waals surface area contributed by atoms with Crippen molar-refractivity contribution in [2.45, 2.75) is 110 Å². The first-order valence-electron chi connectivity index (χ1n) is 14.3. The van der Waals surface area contributed by atoms with Crippen LogP contribution in [0.15, 0.2) is 12.4 Å². The second-order valence-electron chi connectivity index (χ2n) is 13.6. The van der Waals surface area contributed by atoms with Crippen LogP contribution in [0.1, 0.15) is 81.6 Å². The van der Waals surface area contributed by atoms with Gasteiger partial charge in [0.1, 0.15) is 11.6 Å². The minimum Gasteiger partial charge on any atom is -0.444 e. The lowest BCUT2D eigenvalue weighted by Gasteiger charge is -2.32. The van der Waals surface area contributed by atoms with Gasteiger partial charge in [-0.3, -0.25) is 4.79 Å². The molecule has 1 aliphatic carbocycles. The van der Waals surface area contributed by atoms with E-state index in [0.29, 0.717) is 31.0 Å². The van der Waals surface area contributed by atoms with Crippen LogP contribution in [-0.2, 0) is 18.8 Å². The van der Waals surface area contributed by atoms with Gasteiger partial charge in [0, 0.05) is 43.5 Å². The predicted octanol–water partition coefficient (Wildman–Crippen LogP) is 3.14. The van der Waals surface area contributed by atoms with Gasteiger partial charge >= 0.3 is 13.2 Å². The molecule has 216 valence electrons. The number of hydrogen-bond donors (Lipinski definition) is 1. The molecule has 0 aromatic carbocycles. The van der Waals surface area contributed by atoms with Crippen LogP contribution in [0.25, 0.3) is 0 Å². The standard InChI is InChI=1S/C28H46BN5O5/c1-18(2)22(32-25(36)37-26(3,4)5)23(35)33-13-12-19(16-33)17-34(21-10-11-21)24-30-14-20(15-31-24)29-38-27(6,7)28(8,9)39-29/h14-15,18-19,21-22H,10-13,16-17H2,1-9H3,(H,32,36)/t19-,22+/m1/s1. The number of hydrogen-bond acceptors (Lipinski definition) is 8. The van der Waals surface area contributed by atoms with Crippen molar-refractivity contribution in [1.29, 1.82) is 0 Å². The molecule has 0 unspecified atom stereocenters. The zero-order chi connectivity index (χ0) is 28.8. The number of ether oxygens (including phenoxy) is 1. The number of amides is 2. The van der Waals surface area contributed by atoms with Crippen molar-refractivity contribution in [2.75, 3.05) is 24.5 Å². The number of rotatable bonds is 8. The number of alkyl carbamates (subject to hydrolysis) is 1. The van der Waals surface area contributed by atoms with Gasteiger partial charge in [-0.05, 0) is 79.6 Å². The lowest BCUT2D eigenvalue weighted by Crippen LogP contribution is -2.51. The molecule has 11 heteroatoms. The first-order chi connectivity index (χ1) is 18.1. The summed E-state index contributed by atoms with van der Waals surface area (Å²) in [5.74, 6) is 0.895. The maximum atomic E-state index is 13.4. The summed E-state index contributed by atoms with van der Waals surface area (Å²) in [4.78, 5) is 39.3. The summed E-state index contributed by atoms with van der Waals surface area (Å²) in [7, 11) is -0.490. The van der Waals surface area contributed by atoms with Gasteiger partial charge in [-0.1, -0.05) is 13.8 Å². The predicted molar refractivity (Wildman–Crippen MR) is 151 cm³/mol. The van der Waals surface area contributed by atoms with Crippen LogP contribution in [0.2, 0.25) is 0 Å². The van der Waals surface area contributed by atoms with Gasteiger partial charge in [0.2, 0.25) is 11.9 Å². The molecule has 1 N–H and O–H groups in total. The van der Waals surface area contributed by atoms with E-state index in [9.17, 15) is 9.59 Å². The quantitative estimate of drug-likeness (QED) is 0.499. The second-order valence-corrected chi connectivity index (χ2v) is 13.6. The third-order valence-electron chi connectivity index (χ3n) is 8.09. The number of likely N-dealkylation sites (tertiary alicyclic amines) is 1. The Morgan fingerprint density at radius 1 is 1.13 bits per heavy atom. The number of carbonyl (C=O) groups is 2. The first kappa shape index (κ1) is 29.6. The Balaban J connectivity index is 1.37. The average Bonchev–Trinajstić information content (AvgIpc) is 3.50. The van der Waals surface area contributed by atoms with Crippen LogP contribution in [-0.4, -0.2) is 82.5 Å². The summed E-state index contributed by atoms with van der Waals surface area (Å²) in [6.45, 7) is 19.5. The highest BCUT2D eigenvalue weighted by atomic mass is 16.7. The van der Waals surface area contributed by atoms with Crippen LogP contribution in [0, 0.1) is 11.8 Å². The molecular formula is C28H46BN5O5. The van der Waals surface area contributed by atoms with Crippen LogP contribution < -0.4 is 15.7 Å². The van der Waals surface area contributed by atoms with Crippen molar-refractivity contribution in [3.05, 3.63) is 12.4 Å². The SMILES string of the molecule is CC(C)[C@H](NC(=O)OC(C)(C)C)C(=O)N1CC[C@@H](CN(c2ncc(B3OC(C)(C)C(C)(C)O3)cn2)C2CC2)C1. The highest BCUT2D eigenvalue weighted by Crippen LogP contribution is 2.36. The van der Waals surface area contributed by atoms with Crippen molar-refractivity contribution in [3.63, 3.8) is 0 Å². The molecule has 1 saturated carbocycles. The normalized spacial score (nSPS) is 23.2. The maximum Gasteiger partial charge on any atom is 0.498 e. The molecule has 0 radical (unpaired) electrons. The highest BCUT2D eigenvalue weighted by Gasteiger charge is 2.52. The van der Waals surface area contributed by atoms with Gasteiger partial charge in [0.25, 0.3) is 0 Å². The highest BCUT2D eigenvalue weighted by molar-refractivity contribution is 6.61. The molecule has 2 atom stereocenters. The van der Waals surface area contributed by atoms with E-state index in [0.717, 1.165) is 31.3 Å². The fourth-order valence-electron chi connectivity index (χ4n) is 4.97. The van der Waals surface area contributed by atoms with Crippen LogP contribution in [0.4, 0.5) is 10.7 Å². The summed E-state index contributed by atoms with van der Waals surface area (Å²) in [5.41, 5.74) is -0.647. The molecule has 0 bridgehead atoms. The van der Waals surface area contributed by atoms with E-state index in [-0.39, 0.29) is 11.8 Å². The van der Waals surface area contributed by atoms with E-state index >= 15 is 0 Å². The summed E-state index contributed by atoms with van der Waals surface area (Å²) >= 11 is 0. The zero-order valence-electron chi connectivity index (χ0n) is 25.1. The average molecular weight is 544 g/mol.